The van der Waals surface area contributed by atoms with Crippen LogP contribution in [0.4, 0.5) is 0 Å². The average Bonchev–Trinajstić information content (AvgIpc) is 2.89. The van der Waals surface area contributed by atoms with Crippen LogP contribution in [0.3, 0.4) is 0 Å². The van der Waals surface area contributed by atoms with Crippen molar-refractivity contribution in [3.63, 3.8) is 0 Å². The van der Waals surface area contributed by atoms with E-state index < -0.39 is 33.8 Å². The van der Waals surface area contributed by atoms with Crippen molar-refractivity contribution in [2.75, 3.05) is 6.61 Å². The SMILES string of the molecule is C=C(C)[C@]1(O)CC[C@@]2(C)C3=Cc4c(cc(-c5cccnc5)oc4=O)O[C@@]3(C)[C@@H](O)C[C@@H]2[C@@]12CCC(=O)OC2. The van der Waals surface area contributed by atoms with Gasteiger partial charge in [-0.25, -0.2) is 4.79 Å². The standard InChI is InChI=1S/C30H33NO7/c1-17(2)30(35)10-9-27(3)22-12-19-21(13-20(37-26(19)34)18-6-5-11-31-15-18)38-28(22,4)24(32)14-23(27)29(30)8-7-25(33)36-16-29/h5-6,11-13,15,23-24,32,35H,1,7-10,14,16H2,2-4H3/t23-,24-,27-,28+,29-,30+/m0/s1. The van der Waals surface area contributed by atoms with Crippen molar-refractivity contribution in [2.24, 2.45) is 16.7 Å². The summed E-state index contributed by atoms with van der Waals surface area (Å²) in [6.07, 6.45) is 6.09. The van der Waals surface area contributed by atoms with Gasteiger partial charge >= 0.3 is 11.6 Å². The van der Waals surface area contributed by atoms with E-state index in [0.717, 1.165) is 5.57 Å². The first-order valence-electron chi connectivity index (χ1n) is 13.2. The Morgan fingerprint density at radius 3 is 2.66 bits per heavy atom. The molecule has 0 unspecified atom stereocenters. The van der Waals surface area contributed by atoms with Crippen molar-refractivity contribution in [3.8, 4) is 17.1 Å². The highest BCUT2D eigenvalue weighted by Crippen LogP contribution is 2.69. The van der Waals surface area contributed by atoms with Crippen LogP contribution in [0.25, 0.3) is 17.4 Å². The van der Waals surface area contributed by atoms with E-state index in [1.807, 2.05) is 19.9 Å². The molecular weight excluding hydrogens is 486 g/mol. The van der Waals surface area contributed by atoms with Gasteiger partial charge in [0.25, 0.3) is 0 Å². The van der Waals surface area contributed by atoms with E-state index in [1.165, 1.54) is 0 Å². The van der Waals surface area contributed by atoms with Crippen molar-refractivity contribution in [2.45, 2.75) is 70.2 Å². The third-order valence-corrected chi connectivity index (χ3v) is 9.99. The van der Waals surface area contributed by atoms with Crippen LogP contribution < -0.4 is 10.4 Å². The second kappa shape index (κ2) is 8.13. The number of pyridine rings is 1. The van der Waals surface area contributed by atoms with Crippen LogP contribution in [0.2, 0.25) is 0 Å². The lowest BCUT2D eigenvalue weighted by Gasteiger charge is -2.67. The quantitative estimate of drug-likeness (QED) is 0.451. The molecule has 2 saturated carbocycles. The largest absolute Gasteiger partial charge is 0.479 e. The number of fused-ring (bicyclic) bond motifs is 5. The number of cyclic esters (lactones) is 1. The fourth-order valence-electron chi connectivity index (χ4n) is 7.83. The predicted octanol–water partition coefficient (Wildman–Crippen LogP) is 4.05. The van der Waals surface area contributed by atoms with Gasteiger partial charge in [-0.1, -0.05) is 13.5 Å². The number of esters is 1. The van der Waals surface area contributed by atoms with Crippen LogP contribution in [-0.4, -0.2) is 45.1 Å². The number of carbonyl (C=O) groups excluding carboxylic acids is 1. The molecule has 0 amide bonds. The van der Waals surface area contributed by atoms with E-state index in [-0.39, 0.29) is 24.9 Å². The maximum atomic E-state index is 13.2. The second-order valence-corrected chi connectivity index (χ2v) is 11.9. The first-order chi connectivity index (χ1) is 17.9. The molecule has 0 bridgehead atoms. The summed E-state index contributed by atoms with van der Waals surface area (Å²) in [5.74, 6) is 0.149. The molecule has 4 aliphatic rings. The summed E-state index contributed by atoms with van der Waals surface area (Å²) in [5.41, 5.74) is -1.89. The molecule has 2 aliphatic heterocycles. The lowest BCUT2D eigenvalue weighted by Crippen LogP contribution is -2.70. The first kappa shape index (κ1) is 25.1. The molecular formula is C30H33NO7. The molecule has 3 fully saturated rings. The number of hydrogen-bond donors (Lipinski definition) is 2. The molecule has 2 aromatic heterocycles. The third-order valence-electron chi connectivity index (χ3n) is 9.99. The van der Waals surface area contributed by atoms with Crippen LogP contribution >= 0.6 is 0 Å². The Bertz CT molecular complexity index is 1420. The van der Waals surface area contributed by atoms with Crippen molar-refractivity contribution in [3.05, 3.63) is 64.3 Å². The number of nitrogens with zero attached hydrogens (tertiary/aromatic N) is 1. The van der Waals surface area contributed by atoms with Crippen molar-refractivity contribution in [1.29, 1.82) is 0 Å². The average molecular weight is 520 g/mol. The normalized spacial score (nSPS) is 37.7. The molecule has 1 spiro atoms. The predicted molar refractivity (Wildman–Crippen MR) is 139 cm³/mol. The van der Waals surface area contributed by atoms with E-state index in [4.69, 9.17) is 13.9 Å². The molecule has 2 N–H and O–H groups in total. The second-order valence-electron chi connectivity index (χ2n) is 11.9. The molecule has 6 atom stereocenters. The highest BCUT2D eigenvalue weighted by molar-refractivity contribution is 5.71. The molecule has 2 aromatic rings. The van der Waals surface area contributed by atoms with Crippen LogP contribution in [0.5, 0.6) is 5.75 Å². The zero-order valence-electron chi connectivity index (χ0n) is 22.0. The van der Waals surface area contributed by atoms with Gasteiger partial charge in [-0.2, -0.15) is 0 Å². The van der Waals surface area contributed by atoms with Crippen molar-refractivity contribution < 1.29 is 28.9 Å². The minimum absolute atomic E-state index is 0.0558. The van der Waals surface area contributed by atoms with E-state index >= 15 is 0 Å². The summed E-state index contributed by atoms with van der Waals surface area (Å²) in [6, 6.07) is 5.23. The molecule has 8 nitrogen and oxygen atoms in total. The molecule has 8 heteroatoms. The molecule has 0 aromatic carbocycles. The third kappa shape index (κ3) is 3.19. The van der Waals surface area contributed by atoms with Crippen molar-refractivity contribution in [1.82, 2.24) is 4.98 Å². The van der Waals surface area contributed by atoms with Gasteiger partial charge in [0.1, 0.15) is 23.7 Å². The Balaban J connectivity index is 1.51. The van der Waals surface area contributed by atoms with Gasteiger partial charge in [-0.05, 0) is 80.2 Å². The minimum Gasteiger partial charge on any atom is -0.479 e. The highest BCUT2D eigenvalue weighted by atomic mass is 16.5. The zero-order valence-corrected chi connectivity index (χ0v) is 22.0. The van der Waals surface area contributed by atoms with E-state index in [1.54, 1.807) is 30.6 Å². The summed E-state index contributed by atoms with van der Waals surface area (Å²) < 4.78 is 17.8. The van der Waals surface area contributed by atoms with Crippen molar-refractivity contribution >= 4 is 12.0 Å². The fourth-order valence-corrected chi connectivity index (χ4v) is 7.83. The summed E-state index contributed by atoms with van der Waals surface area (Å²) in [5, 5.41) is 23.7. The van der Waals surface area contributed by atoms with E-state index in [0.29, 0.717) is 53.9 Å². The summed E-state index contributed by atoms with van der Waals surface area (Å²) in [4.78, 5) is 29.4. The smallest absolute Gasteiger partial charge is 0.347 e. The number of aromatic nitrogens is 1. The summed E-state index contributed by atoms with van der Waals surface area (Å²) in [6.45, 7) is 9.96. The number of aliphatic hydroxyl groups excluding tert-OH is 1. The molecule has 6 rings (SSSR count). The Morgan fingerprint density at radius 2 is 2.00 bits per heavy atom. The minimum atomic E-state index is -1.25. The topological polar surface area (TPSA) is 119 Å². The molecule has 38 heavy (non-hydrogen) atoms. The Labute approximate surface area is 221 Å². The number of ether oxygens (including phenoxy) is 2. The molecule has 2 aliphatic carbocycles. The highest BCUT2D eigenvalue weighted by Gasteiger charge is 2.70. The summed E-state index contributed by atoms with van der Waals surface area (Å²) >= 11 is 0. The van der Waals surface area contributed by atoms with Crippen LogP contribution in [0.1, 0.15) is 58.4 Å². The molecule has 1 saturated heterocycles. The van der Waals surface area contributed by atoms with E-state index in [2.05, 4.69) is 18.5 Å². The first-order valence-corrected chi connectivity index (χ1v) is 13.2. The van der Waals surface area contributed by atoms with Gasteiger partial charge in [0, 0.05) is 35.9 Å². The van der Waals surface area contributed by atoms with Gasteiger partial charge in [0.2, 0.25) is 0 Å². The molecule has 4 heterocycles. The fraction of sp³-hybridized carbons (Fsp3) is 0.500. The molecule has 200 valence electrons. The maximum absolute atomic E-state index is 13.2. The van der Waals surface area contributed by atoms with Gasteiger partial charge < -0.3 is 24.1 Å². The van der Waals surface area contributed by atoms with Gasteiger partial charge in [-0.3, -0.25) is 9.78 Å². The molecule has 0 radical (unpaired) electrons. The number of aliphatic hydroxyl groups is 2. The van der Waals surface area contributed by atoms with E-state index in [9.17, 15) is 19.8 Å². The lowest BCUT2D eigenvalue weighted by atomic mass is 9.40. The Morgan fingerprint density at radius 1 is 1.21 bits per heavy atom. The Kier molecular flexibility index (Phi) is 5.37. The van der Waals surface area contributed by atoms with Crippen LogP contribution in [0.15, 0.2) is 57.5 Å². The number of carbonyl (C=O) groups is 1. The van der Waals surface area contributed by atoms with Gasteiger partial charge in [0.15, 0.2) is 5.60 Å². The zero-order chi connectivity index (χ0) is 27.1. The van der Waals surface area contributed by atoms with Crippen LogP contribution in [0, 0.1) is 16.7 Å². The van der Waals surface area contributed by atoms with Gasteiger partial charge in [-0.15, -0.1) is 0 Å². The monoisotopic (exact) mass is 519 g/mol. The lowest BCUT2D eigenvalue weighted by molar-refractivity contribution is -0.230. The van der Waals surface area contributed by atoms with Crippen LogP contribution in [-0.2, 0) is 9.53 Å². The summed E-state index contributed by atoms with van der Waals surface area (Å²) in [7, 11) is 0. The number of rotatable bonds is 2. The Hall–Kier alpha value is -3.23. The van der Waals surface area contributed by atoms with Gasteiger partial charge in [0.05, 0.1) is 11.7 Å². The number of hydrogen-bond acceptors (Lipinski definition) is 8. The maximum Gasteiger partial charge on any atom is 0.347 e.